The number of carbonyl (C=O) groups excluding carboxylic acids is 2. The number of likely N-dealkylation sites (N-methyl/N-ethyl adjacent to an activating group) is 1. The third-order valence-corrected chi connectivity index (χ3v) is 4.52. The van der Waals surface area contributed by atoms with Crippen LogP contribution in [-0.2, 0) is 22.6 Å². The Morgan fingerprint density at radius 2 is 1.73 bits per heavy atom. The van der Waals surface area contributed by atoms with Crippen molar-refractivity contribution >= 4 is 35.0 Å². The van der Waals surface area contributed by atoms with Crippen molar-refractivity contribution in [3.8, 4) is 0 Å². The molecule has 2 aromatic carbocycles. The van der Waals surface area contributed by atoms with Crippen LogP contribution in [0.3, 0.4) is 0 Å². The van der Waals surface area contributed by atoms with Crippen molar-refractivity contribution in [3.05, 3.63) is 69.7 Å². The van der Waals surface area contributed by atoms with E-state index in [4.69, 9.17) is 23.2 Å². The van der Waals surface area contributed by atoms with E-state index in [1.165, 1.54) is 0 Å². The van der Waals surface area contributed by atoms with E-state index in [9.17, 15) is 9.59 Å². The minimum atomic E-state index is -0.586. The molecule has 1 N–H and O–H groups in total. The Labute approximate surface area is 164 Å². The van der Waals surface area contributed by atoms with Gasteiger partial charge in [0.25, 0.3) is 0 Å². The highest BCUT2D eigenvalue weighted by atomic mass is 35.5. The standard InChI is InChI=1S/C20H22Cl2N2O2/c1-3-23-20(26)14(2)24(13-15-7-9-17(21)10-8-15)19(25)12-16-5-4-6-18(22)11-16/h4-11,14H,3,12-13H2,1-2H3,(H,23,26)/t14-/m1/s1. The van der Waals surface area contributed by atoms with Crippen molar-refractivity contribution < 1.29 is 9.59 Å². The molecule has 2 amide bonds. The Balaban J connectivity index is 2.21. The van der Waals surface area contributed by atoms with E-state index in [-0.39, 0.29) is 18.2 Å². The van der Waals surface area contributed by atoms with Crippen molar-refractivity contribution in [2.75, 3.05) is 6.54 Å². The second-order valence-corrected chi connectivity index (χ2v) is 6.90. The number of hydrogen-bond acceptors (Lipinski definition) is 2. The first-order valence-corrected chi connectivity index (χ1v) is 9.22. The molecule has 0 fully saturated rings. The summed E-state index contributed by atoms with van der Waals surface area (Å²) >= 11 is 11.9. The van der Waals surface area contributed by atoms with Gasteiger partial charge in [-0.3, -0.25) is 9.59 Å². The number of amides is 2. The van der Waals surface area contributed by atoms with Crippen molar-refractivity contribution in [3.63, 3.8) is 0 Å². The SMILES string of the molecule is CCNC(=O)[C@@H](C)N(Cc1ccc(Cl)cc1)C(=O)Cc1cccc(Cl)c1. The highest BCUT2D eigenvalue weighted by molar-refractivity contribution is 6.30. The van der Waals surface area contributed by atoms with E-state index in [1.807, 2.05) is 31.2 Å². The van der Waals surface area contributed by atoms with Crippen LogP contribution in [-0.4, -0.2) is 29.3 Å². The summed E-state index contributed by atoms with van der Waals surface area (Å²) < 4.78 is 0. The summed E-state index contributed by atoms with van der Waals surface area (Å²) in [5.74, 6) is -0.318. The van der Waals surface area contributed by atoms with Crippen LogP contribution in [0, 0.1) is 0 Å². The van der Waals surface area contributed by atoms with E-state index in [0.29, 0.717) is 23.1 Å². The largest absolute Gasteiger partial charge is 0.355 e. The molecule has 6 heteroatoms. The number of nitrogens with one attached hydrogen (secondary N) is 1. The molecule has 0 unspecified atom stereocenters. The molecule has 0 saturated carbocycles. The van der Waals surface area contributed by atoms with Gasteiger partial charge in [-0.05, 0) is 49.2 Å². The minimum Gasteiger partial charge on any atom is -0.355 e. The first kappa shape index (κ1) is 20.3. The average Bonchev–Trinajstić information content (AvgIpc) is 2.60. The summed E-state index contributed by atoms with van der Waals surface area (Å²) in [6, 6.07) is 13.8. The molecule has 26 heavy (non-hydrogen) atoms. The lowest BCUT2D eigenvalue weighted by molar-refractivity contribution is -0.140. The molecule has 4 nitrogen and oxygen atoms in total. The van der Waals surface area contributed by atoms with E-state index >= 15 is 0 Å². The van der Waals surface area contributed by atoms with E-state index in [0.717, 1.165) is 11.1 Å². The Morgan fingerprint density at radius 1 is 1.04 bits per heavy atom. The number of carbonyl (C=O) groups is 2. The third kappa shape index (κ3) is 5.75. The van der Waals surface area contributed by atoms with Gasteiger partial charge in [0.15, 0.2) is 0 Å². The zero-order valence-electron chi connectivity index (χ0n) is 14.8. The maximum Gasteiger partial charge on any atom is 0.242 e. The van der Waals surface area contributed by atoms with Crippen molar-refractivity contribution in [1.29, 1.82) is 0 Å². The third-order valence-electron chi connectivity index (χ3n) is 4.03. The Morgan fingerprint density at radius 3 is 2.35 bits per heavy atom. The van der Waals surface area contributed by atoms with Gasteiger partial charge in [-0.2, -0.15) is 0 Å². The Bertz CT molecular complexity index is 763. The van der Waals surface area contributed by atoms with E-state index in [1.54, 1.807) is 36.1 Å². The van der Waals surface area contributed by atoms with Gasteiger partial charge < -0.3 is 10.2 Å². The molecule has 2 aromatic rings. The van der Waals surface area contributed by atoms with Crippen LogP contribution < -0.4 is 5.32 Å². The molecule has 0 aliphatic carbocycles. The summed E-state index contributed by atoms with van der Waals surface area (Å²) in [6.45, 7) is 4.42. The molecular weight excluding hydrogens is 371 g/mol. The molecule has 138 valence electrons. The molecule has 1 atom stereocenters. The zero-order valence-corrected chi connectivity index (χ0v) is 16.3. The van der Waals surface area contributed by atoms with Crippen LogP contribution in [0.25, 0.3) is 0 Å². The molecule has 0 aliphatic rings. The van der Waals surface area contributed by atoms with Gasteiger partial charge in [0.2, 0.25) is 11.8 Å². The van der Waals surface area contributed by atoms with Gasteiger partial charge in [0.05, 0.1) is 6.42 Å². The molecule has 0 saturated heterocycles. The van der Waals surface area contributed by atoms with E-state index in [2.05, 4.69) is 5.32 Å². The van der Waals surface area contributed by atoms with Gasteiger partial charge >= 0.3 is 0 Å². The lowest BCUT2D eigenvalue weighted by Crippen LogP contribution is -2.48. The quantitative estimate of drug-likeness (QED) is 0.771. The smallest absolute Gasteiger partial charge is 0.242 e. The zero-order chi connectivity index (χ0) is 19.1. The molecule has 0 aromatic heterocycles. The van der Waals surface area contributed by atoms with Crippen molar-refractivity contribution in [1.82, 2.24) is 10.2 Å². The lowest BCUT2D eigenvalue weighted by atomic mass is 10.1. The number of halogens is 2. The molecule has 0 aliphatic heterocycles. The van der Waals surface area contributed by atoms with Crippen molar-refractivity contribution in [2.45, 2.75) is 32.9 Å². The van der Waals surface area contributed by atoms with Gasteiger partial charge in [0, 0.05) is 23.1 Å². The lowest BCUT2D eigenvalue weighted by Gasteiger charge is -2.29. The molecule has 0 spiro atoms. The fraction of sp³-hybridized carbons (Fsp3) is 0.300. The number of rotatable bonds is 7. The minimum absolute atomic E-state index is 0.138. The predicted molar refractivity (Wildman–Crippen MR) is 105 cm³/mol. The molecular formula is C20H22Cl2N2O2. The molecule has 0 bridgehead atoms. The van der Waals surface area contributed by atoms with Crippen LogP contribution in [0.5, 0.6) is 0 Å². The molecule has 2 rings (SSSR count). The number of benzene rings is 2. The predicted octanol–water partition coefficient (Wildman–Crippen LogP) is 4.09. The summed E-state index contributed by atoms with van der Waals surface area (Å²) in [5.41, 5.74) is 1.72. The Hall–Kier alpha value is -2.04. The summed E-state index contributed by atoms with van der Waals surface area (Å²) in [7, 11) is 0. The van der Waals surface area contributed by atoms with Crippen LogP contribution in [0.15, 0.2) is 48.5 Å². The normalized spacial score (nSPS) is 11.7. The molecule has 0 radical (unpaired) electrons. The first-order chi connectivity index (χ1) is 12.4. The topological polar surface area (TPSA) is 49.4 Å². The maximum atomic E-state index is 12.9. The highest BCUT2D eigenvalue weighted by Gasteiger charge is 2.25. The second kappa shape index (κ2) is 9.60. The van der Waals surface area contributed by atoms with Crippen LogP contribution in [0.4, 0.5) is 0 Å². The van der Waals surface area contributed by atoms with E-state index < -0.39 is 6.04 Å². The number of hydrogen-bond donors (Lipinski definition) is 1. The monoisotopic (exact) mass is 392 g/mol. The van der Waals surface area contributed by atoms with Gasteiger partial charge in [-0.1, -0.05) is 47.5 Å². The fourth-order valence-electron chi connectivity index (χ4n) is 2.61. The molecule has 0 heterocycles. The summed E-state index contributed by atoms with van der Waals surface area (Å²) in [4.78, 5) is 26.8. The van der Waals surface area contributed by atoms with Crippen LogP contribution in [0.1, 0.15) is 25.0 Å². The van der Waals surface area contributed by atoms with Gasteiger partial charge in [0.1, 0.15) is 6.04 Å². The first-order valence-electron chi connectivity index (χ1n) is 8.46. The number of nitrogens with zero attached hydrogens (tertiary/aromatic N) is 1. The average molecular weight is 393 g/mol. The fourth-order valence-corrected chi connectivity index (χ4v) is 2.95. The second-order valence-electron chi connectivity index (χ2n) is 6.03. The highest BCUT2D eigenvalue weighted by Crippen LogP contribution is 2.16. The van der Waals surface area contributed by atoms with Crippen LogP contribution in [0.2, 0.25) is 10.0 Å². The Kier molecular flexibility index (Phi) is 7.49. The van der Waals surface area contributed by atoms with Crippen LogP contribution >= 0.6 is 23.2 Å². The van der Waals surface area contributed by atoms with Gasteiger partial charge in [-0.25, -0.2) is 0 Å². The summed E-state index contributed by atoms with van der Waals surface area (Å²) in [6.07, 6.45) is 0.178. The maximum absolute atomic E-state index is 12.9. The van der Waals surface area contributed by atoms with Crippen molar-refractivity contribution in [2.24, 2.45) is 0 Å². The van der Waals surface area contributed by atoms with Gasteiger partial charge in [-0.15, -0.1) is 0 Å². The summed E-state index contributed by atoms with van der Waals surface area (Å²) in [5, 5.41) is 3.98.